The van der Waals surface area contributed by atoms with Crippen molar-refractivity contribution in [2.24, 2.45) is 5.92 Å². The Labute approximate surface area is 82.1 Å². The Morgan fingerprint density at radius 2 is 2.09 bits per heavy atom. The molecule has 0 aromatic carbocycles. The van der Waals surface area contributed by atoms with Gasteiger partial charge in [-0.05, 0) is 53.0 Å². The van der Waals surface area contributed by atoms with Crippen molar-refractivity contribution in [1.29, 1.82) is 0 Å². The molecule has 0 bridgehead atoms. The third-order valence-electron chi connectivity index (χ3n) is 2.04. The summed E-state index contributed by atoms with van der Waals surface area (Å²) < 4.78 is 5.37. The lowest BCUT2D eigenvalue weighted by atomic mass is 10.1. The number of rotatable bonds is 2. The van der Waals surface area contributed by atoms with Crippen LogP contribution in [-0.4, -0.2) is 6.10 Å². The normalized spacial score (nSPS) is 32.6. The van der Waals surface area contributed by atoms with E-state index in [9.17, 15) is 0 Å². The minimum atomic E-state index is -2.47. The smallest absolute Gasteiger partial charge is 0.240 e. The quantitative estimate of drug-likeness (QED) is 0.669. The summed E-state index contributed by atoms with van der Waals surface area (Å²) >= 11 is 16.1. The van der Waals surface area contributed by atoms with E-state index in [4.69, 9.17) is 38.8 Å². The van der Waals surface area contributed by atoms with E-state index >= 15 is 0 Å². The van der Waals surface area contributed by atoms with Gasteiger partial charge in [0, 0.05) is 0 Å². The summed E-state index contributed by atoms with van der Waals surface area (Å²) in [6, 6.07) is 0. The molecule has 0 amide bonds. The molecule has 0 radical (unpaired) electrons. The molecule has 0 heterocycles. The summed E-state index contributed by atoms with van der Waals surface area (Å²) in [5.41, 5.74) is 0. The van der Waals surface area contributed by atoms with Crippen molar-refractivity contribution in [2.45, 2.75) is 32.3 Å². The van der Waals surface area contributed by atoms with E-state index in [0.29, 0.717) is 5.92 Å². The van der Waals surface area contributed by atoms with Gasteiger partial charge < -0.3 is 4.52 Å². The first kappa shape index (κ1) is 10.3. The highest BCUT2D eigenvalue weighted by Gasteiger charge is 2.28. The zero-order chi connectivity index (χ0) is 8.48. The van der Waals surface area contributed by atoms with E-state index in [0.717, 1.165) is 6.42 Å². The van der Waals surface area contributed by atoms with Gasteiger partial charge in [-0.2, -0.15) is 0 Å². The Balaban J connectivity index is 2.43. The molecule has 0 aromatic heterocycles. The molecule has 0 spiro atoms. The van der Waals surface area contributed by atoms with E-state index in [-0.39, 0.29) is 6.10 Å². The monoisotopic (exact) mass is 232 g/mol. The predicted molar refractivity (Wildman–Crippen MR) is 53.9 cm³/mol. The molecule has 0 unspecified atom stereocenters. The summed E-state index contributed by atoms with van der Waals surface area (Å²) in [5.74, 6) is 0.565. The molecule has 66 valence electrons. The molecular formula is C6H11Cl2OPS. The maximum absolute atomic E-state index is 5.65. The standard InChI is InChI=1S/C6H11Cl2OPS/c1-5-3-2-4-6(5)9-10(7,8)11/h5-6H,2-4H2,1H3/t5-,6-/m1/s1. The lowest BCUT2D eigenvalue weighted by Gasteiger charge is -2.18. The summed E-state index contributed by atoms with van der Waals surface area (Å²) in [6.07, 6.45) is 3.66. The van der Waals surface area contributed by atoms with Gasteiger partial charge in [-0.1, -0.05) is 13.3 Å². The molecule has 1 rings (SSSR count). The lowest BCUT2D eigenvalue weighted by Crippen LogP contribution is -2.11. The van der Waals surface area contributed by atoms with E-state index in [1.807, 2.05) is 0 Å². The van der Waals surface area contributed by atoms with Crippen LogP contribution in [-0.2, 0) is 16.3 Å². The van der Waals surface area contributed by atoms with E-state index in [1.54, 1.807) is 0 Å². The van der Waals surface area contributed by atoms with Gasteiger partial charge in [0.15, 0.2) is 0 Å². The zero-order valence-corrected chi connectivity index (χ0v) is 9.52. The molecule has 2 atom stereocenters. The Kier molecular flexibility index (Phi) is 3.67. The highest BCUT2D eigenvalue weighted by molar-refractivity contribution is 8.36. The fourth-order valence-corrected chi connectivity index (χ4v) is 3.00. The van der Waals surface area contributed by atoms with Gasteiger partial charge in [-0.15, -0.1) is 0 Å². The van der Waals surface area contributed by atoms with Crippen molar-refractivity contribution < 1.29 is 4.52 Å². The molecule has 0 aromatic rings. The van der Waals surface area contributed by atoms with Crippen molar-refractivity contribution in [2.75, 3.05) is 0 Å². The third kappa shape index (κ3) is 3.61. The number of halogens is 2. The molecular weight excluding hydrogens is 222 g/mol. The van der Waals surface area contributed by atoms with Crippen molar-refractivity contribution in [1.82, 2.24) is 0 Å². The minimum absolute atomic E-state index is 0.204. The van der Waals surface area contributed by atoms with Gasteiger partial charge in [0.2, 0.25) is 4.97 Å². The Bertz CT molecular complexity index is 181. The van der Waals surface area contributed by atoms with Crippen LogP contribution in [0.3, 0.4) is 0 Å². The minimum Gasteiger partial charge on any atom is -0.323 e. The Morgan fingerprint density at radius 1 is 1.45 bits per heavy atom. The molecule has 0 aliphatic heterocycles. The zero-order valence-electron chi connectivity index (χ0n) is 6.30. The highest BCUT2D eigenvalue weighted by Crippen LogP contribution is 2.60. The van der Waals surface area contributed by atoms with Crippen molar-refractivity contribution >= 4 is 39.3 Å². The Morgan fingerprint density at radius 3 is 2.45 bits per heavy atom. The topological polar surface area (TPSA) is 9.23 Å². The molecule has 0 N–H and O–H groups in total. The first-order chi connectivity index (χ1) is 4.99. The number of hydrogen-bond acceptors (Lipinski definition) is 2. The summed E-state index contributed by atoms with van der Waals surface area (Å²) in [6.45, 7) is 2.15. The maximum Gasteiger partial charge on any atom is 0.240 e. The molecule has 0 saturated heterocycles. The highest BCUT2D eigenvalue weighted by atomic mass is 35.9. The van der Waals surface area contributed by atoms with Crippen LogP contribution in [0.4, 0.5) is 0 Å². The van der Waals surface area contributed by atoms with E-state index in [1.165, 1.54) is 12.8 Å². The molecule has 1 fully saturated rings. The lowest BCUT2D eigenvalue weighted by molar-refractivity contribution is 0.195. The van der Waals surface area contributed by atoms with Crippen LogP contribution in [0, 0.1) is 5.92 Å². The van der Waals surface area contributed by atoms with Crippen molar-refractivity contribution in [3.8, 4) is 0 Å². The van der Waals surface area contributed by atoms with Gasteiger partial charge in [0.25, 0.3) is 0 Å². The molecule has 1 aliphatic rings. The van der Waals surface area contributed by atoms with E-state index < -0.39 is 4.97 Å². The molecule has 1 saturated carbocycles. The Hall–Kier alpha value is 1.19. The van der Waals surface area contributed by atoms with Gasteiger partial charge in [-0.25, -0.2) is 0 Å². The fraction of sp³-hybridized carbons (Fsp3) is 1.00. The van der Waals surface area contributed by atoms with Crippen molar-refractivity contribution in [3.63, 3.8) is 0 Å². The average Bonchev–Trinajstić information content (AvgIpc) is 2.12. The summed E-state index contributed by atoms with van der Waals surface area (Å²) in [5, 5.41) is 0. The second-order valence-electron chi connectivity index (χ2n) is 2.97. The molecule has 1 aliphatic carbocycles. The summed E-state index contributed by atoms with van der Waals surface area (Å²) in [4.78, 5) is -2.47. The van der Waals surface area contributed by atoms with Crippen LogP contribution in [0.5, 0.6) is 0 Å². The maximum atomic E-state index is 5.65. The third-order valence-corrected chi connectivity index (χ3v) is 3.29. The van der Waals surface area contributed by atoms with Crippen LogP contribution in [0.15, 0.2) is 0 Å². The van der Waals surface area contributed by atoms with Gasteiger partial charge in [0.05, 0.1) is 6.10 Å². The SMILES string of the molecule is C[C@@H]1CCC[C@H]1OP(=S)(Cl)Cl. The van der Waals surface area contributed by atoms with Crippen LogP contribution < -0.4 is 0 Å². The second kappa shape index (κ2) is 3.93. The van der Waals surface area contributed by atoms with Crippen LogP contribution in [0.25, 0.3) is 0 Å². The summed E-state index contributed by atoms with van der Waals surface area (Å²) in [7, 11) is 0. The van der Waals surface area contributed by atoms with Crippen LogP contribution in [0.1, 0.15) is 26.2 Å². The molecule has 11 heavy (non-hydrogen) atoms. The average molecular weight is 233 g/mol. The number of hydrogen-bond donors (Lipinski definition) is 0. The van der Waals surface area contributed by atoms with Crippen LogP contribution in [0.2, 0.25) is 0 Å². The van der Waals surface area contributed by atoms with Crippen LogP contribution >= 0.6 is 27.5 Å². The van der Waals surface area contributed by atoms with Gasteiger partial charge in [-0.3, -0.25) is 0 Å². The van der Waals surface area contributed by atoms with Gasteiger partial charge >= 0.3 is 0 Å². The molecule has 1 nitrogen and oxygen atoms in total. The van der Waals surface area contributed by atoms with E-state index in [2.05, 4.69) is 6.92 Å². The second-order valence-corrected chi connectivity index (χ2v) is 10.1. The van der Waals surface area contributed by atoms with Crippen molar-refractivity contribution in [3.05, 3.63) is 0 Å². The largest absolute Gasteiger partial charge is 0.323 e. The fourth-order valence-electron chi connectivity index (χ4n) is 1.43. The predicted octanol–water partition coefficient (Wildman–Crippen LogP) is 3.89. The molecule has 5 heteroatoms. The van der Waals surface area contributed by atoms with Gasteiger partial charge in [0.1, 0.15) is 0 Å². The first-order valence-electron chi connectivity index (χ1n) is 3.67. The first-order valence-corrected chi connectivity index (χ1v) is 8.20.